The Bertz CT molecular complexity index is 284. The van der Waals surface area contributed by atoms with Crippen LogP contribution < -0.4 is 10.6 Å². The highest BCUT2D eigenvalue weighted by Crippen LogP contribution is 2.15. The summed E-state index contributed by atoms with van der Waals surface area (Å²) < 4.78 is 5.36. The molecule has 0 aliphatic carbocycles. The van der Waals surface area contributed by atoms with Gasteiger partial charge in [-0.1, -0.05) is 0 Å². The van der Waals surface area contributed by atoms with Crippen molar-refractivity contribution >= 4 is 6.09 Å². The predicted molar refractivity (Wildman–Crippen MR) is 66.0 cm³/mol. The van der Waals surface area contributed by atoms with Crippen LogP contribution in [0.25, 0.3) is 0 Å². The van der Waals surface area contributed by atoms with Gasteiger partial charge in [0.05, 0.1) is 0 Å². The lowest BCUT2D eigenvalue weighted by molar-refractivity contribution is 0.0290. The normalized spacial score (nSPS) is 25.8. The van der Waals surface area contributed by atoms with E-state index >= 15 is 0 Å². The van der Waals surface area contributed by atoms with Gasteiger partial charge in [0.25, 0.3) is 0 Å². The first-order valence-corrected chi connectivity index (χ1v) is 6.39. The highest BCUT2D eigenvalue weighted by Gasteiger charge is 2.31. The zero-order valence-corrected chi connectivity index (χ0v) is 11.0. The molecule has 2 heterocycles. The molecule has 5 heteroatoms. The van der Waals surface area contributed by atoms with Crippen LogP contribution in [0.15, 0.2) is 0 Å². The number of rotatable bonds is 2. The zero-order valence-electron chi connectivity index (χ0n) is 11.0. The van der Waals surface area contributed by atoms with E-state index in [4.69, 9.17) is 4.74 Å². The Morgan fingerprint density at radius 2 is 2.06 bits per heavy atom. The van der Waals surface area contributed by atoms with Gasteiger partial charge in [-0.15, -0.1) is 0 Å². The average molecular weight is 241 g/mol. The third kappa shape index (κ3) is 3.57. The minimum Gasteiger partial charge on any atom is -0.444 e. The number of carbonyl (C=O) groups is 1. The highest BCUT2D eigenvalue weighted by atomic mass is 16.6. The van der Waals surface area contributed by atoms with E-state index in [1.807, 2.05) is 20.8 Å². The van der Waals surface area contributed by atoms with E-state index in [1.165, 1.54) is 0 Å². The fraction of sp³-hybridized carbons (Fsp3) is 0.917. The third-order valence-corrected chi connectivity index (χ3v) is 3.09. The van der Waals surface area contributed by atoms with E-state index in [-0.39, 0.29) is 6.09 Å². The number of nitrogens with zero attached hydrogens (tertiary/aromatic N) is 1. The van der Waals surface area contributed by atoms with Crippen molar-refractivity contribution in [2.45, 2.75) is 44.9 Å². The van der Waals surface area contributed by atoms with Crippen molar-refractivity contribution in [2.24, 2.45) is 0 Å². The van der Waals surface area contributed by atoms with Crippen LogP contribution in [-0.2, 0) is 4.74 Å². The molecule has 0 bridgehead atoms. The van der Waals surface area contributed by atoms with Crippen LogP contribution in [0.3, 0.4) is 0 Å². The Hall–Kier alpha value is -0.810. The molecular weight excluding hydrogens is 218 g/mol. The molecule has 0 aromatic rings. The Morgan fingerprint density at radius 3 is 2.59 bits per heavy atom. The second-order valence-corrected chi connectivity index (χ2v) is 5.93. The summed E-state index contributed by atoms with van der Waals surface area (Å²) in [6, 6.07) is 1.01. The maximum atomic E-state index is 11.8. The lowest BCUT2D eigenvalue weighted by atomic mass is 10.1. The molecule has 0 aromatic carbocycles. The molecule has 0 radical (unpaired) electrons. The van der Waals surface area contributed by atoms with Crippen molar-refractivity contribution in [3.05, 3.63) is 0 Å². The van der Waals surface area contributed by atoms with Gasteiger partial charge in [0.15, 0.2) is 0 Å². The molecule has 17 heavy (non-hydrogen) atoms. The number of ether oxygens (including phenoxy) is 1. The van der Waals surface area contributed by atoms with Crippen LogP contribution in [0.5, 0.6) is 0 Å². The van der Waals surface area contributed by atoms with Crippen LogP contribution in [0, 0.1) is 0 Å². The van der Waals surface area contributed by atoms with Gasteiger partial charge in [0.1, 0.15) is 5.60 Å². The van der Waals surface area contributed by atoms with Gasteiger partial charge >= 0.3 is 6.09 Å². The van der Waals surface area contributed by atoms with E-state index in [1.54, 1.807) is 4.90 Å². The van der Waals surface area contributed by atoms with Crippen LogP contribution in [-0.4, -0.2) is 54.9 Å². The van der Waals surface area contributed by atoms with Crippen LogP contribution in [0.2, 0.25) is 0 Å². The summed E-state index contributed by atoms with van der Waals surface area (Å²) in [6.45, 7) is 9.36. The van der Waals surface area contributed by atoms with Gasteiger partial charge < -0.3 is 20.3 Å². The van der Waals surface area contributed by atoms with Crippen molar-refractivity contribution in [3.63, 3.8) is 0 Å². The summed E-state index contributed by atoms with van der Waals surface area (Å²) in [5.41, 5.74) is -0.402. The number of hydrogen-bond donors (Lipinski definition) is 2. The summed E-state index contributed by atoms with van der Waals surface area (Å²) in [7, 11) is 0. The smallest absolute Gasteiger partial charge is 0.410 e. The van der Waals surface area contributed by atoms with E-state index < -0.39 is 5.60 Å². The highest BCUT2D eigenvalue weighted by molar-refractivity contribution is 5.68. The first-order chi connectivity index (χ1) is 7.94. The lowest BCUT2D eigenvalue weighted by Gasteiger charge is -2.31. The molecule has 0 spiro atoms. The molecule has 5 nitrogen and oxygen atoms in total. The zero-order chi connectivity index (χ0) is 12.5. The first-order valence-electron chi connectivity index (χ1n) is 6.39. The summed E-state index contributed by atoms with van der Waals surface area (Å²) >= 11 is 0. The van der Waals surface area contributed by atoms with Crippen molar-refractivity contribution in [1.29, 1.82) is 0 Å². The standard InChI is InChI=1S/C12H23N3O2/c1-12(2,3)17-11(16)15-5-4-9(8-15)14-10-6-13-7-10/h9-10,13-14H,4-8H2,1-3H3. The van der Waals surface area contributed by atoms with Crippen LogP contribution in [0.4, 0.5) is 4.79 Å². The van der Waals surface area contributed by atoms with Gasteiger partial charge in [0.2, 0.25) is 0 Å². The van der Waals surface area contributed by atoms with Crippen molar-refractivity contribution in [2.75, 3.05) is 26.2 Å². The Kier molecular flexibility index (Phi) is 3.58. The van der Waals surface area contributed by atoms with Crippen molar-refractivity contribution < 1.29 is 9.53 Å². The quantitative estimate of drug-likeness (QED) is 0.741. The second-order valence-electron chi connectivity index (χ2n) is 5.93. The van der Waals surface area contributed by atoms with Gasteiger partial charge in [0, 0.05) is 38.3 Å². The predicted octanol–water partition coefficient (Wildman–Crippen LogP) is 0.557. The van der Waals surface area contributed by atoms with Gasteiger partial charge in [-0.05, 0) is 27.2 Å². The van der Waals surface area contributed by atoms with E-state index in [9.17, 15) is 4.79 Å². The van der Waals surface area contributed by atoms with Crippen molar-refractivity contribution in [1.82, 2.24) is 15.5 Å². The third-order valence-electron chi connectivity index (χ3n) is 3.09. The lowest BCUT2D eigenvalue weighted by Crippen LogP contribution is -2.58. The van der Waals surface area contributed by atoms with Gasteiger partial charge in [-0.3, -0.25) is 0 Å². The molecule has 2 rings (SSSR count). The van der Waals surface area contributed by atoms with Crippen LogP contribution >= 0.6 is 0 Å². The summed E-state index contributed by atoms with van der Waals surface area (Å²) in [4.78, 5) is 13.6. The van der Waals surface area contributed by atoms with E-state index in [2.05, 4.69) is 10.6 Å². The second kappa shape index (κ2) is 4.82. The molecule has 1 atom stereocenters. The Balaban J connectivity index is 1.74. The number of carbonyl (C=O) groups excluding carboxylic acids is 1. The molecule has 2 aliphatic heterocycles. The van der Waals surface area contributed by atoms with E-state index in [0.717, 1.165) is 32.6 Å². The fourth-order valence-corrected chi connectivity index (χ4v) is 2.13. The number of amides is 1. The molecule has 0 aromatic heterocycles. The van der Waals surface area contributed by atoms with Gasteiger partial charge in [-0.2, -0.15) is 0 Å². The molecular formula is C12H23N3O2. The van der Waals surface area contributed by atoms with Crippen molar-refractivity contribution in [3.8, 4) is 0 Å². The monoisotopic (exact) mass is 241 g/mol. The first kappa shape index (κ1) is 12.6. The Labute approximate surface area is 103 Å². The van der Waals surface area contributed by atoms with E-state index in [0.29, 0.717) is 12.1 Å². The summed E-state index contributed by atoms with van der Waals surface area (Å²) in [5, 5.41) is 6.78. The summed E-state index contributed by atoms with van der Waals surface area (Å²) in [5.74, 6) is 0. The molecule has 2 fully saturated rings. The average Bonchev–Trinajstić information content (AvgIpc) is 2.56. The maximum Gasteiger partial charge on any atom is 0.410 e. The topological polar surface area (TPSA) is 53.6 Å². The molecule has 1 unspecified atom stereocenters. The summed E-state index contributed by atoms with van der Waals surface area (Å²) in [6.07, 6.45) is 0.837. The molecule has 2 aliphatic rings. The minimum absolute atomic E-state index is 0.187. The van der Waals surface area contributed by atoms with Gasteiger partial charge in [-0.25, -0.2) is 4.79 Å². The molecule has 98 valence electrons. The fourth-order valence-electron chi connectivity index (χ4n) is 2.13. The largest absolute Gasteiger partial charge is 0.444 e. The minimum atomic E-state index is -0.402. The molecule has 2 N–H and O–H groups in total. The number of hydrogen-bond acceptors (Lipinski definition) is 4. The number of nitrogens with one attached hydrogen (secondary N) is 2. The Morgan fingerprint density at radius 1 is 1.35 bits per heavy atom. The SMILES string of the molecule is CC(C)(C)OC(=O)N1CCC(NC2CNC2)C1. The van der Waals surface area contributed by atoms with Crippen LogP contribution in [0.1, 0.15) is 27.2 Å². The number of likely N-dealkylation sites (tertiary alicyclic amines) is 1. The molecule has 2 saturated heterocycles. The molecule has 1 amide bonds. The molecule has 0 saturated carbocycles. The maximum absolute atomic E-state index is 11.8.